The standard InChI is InChI=1S/C47H50ClF3N10O4/c1-52-38-21-42(57-61-40(23-54-44(38)61)46(64)55-37-20-35(37)49)60-18-13-32-31(3-2-4-39(32)60)36-9-5-28(22-53-36)24-58-15-14-41(47(50,51)26-58)59-16-11-27(12-17-59)25-65-29-6-7-30(34(48)19-29)33-8-10-43(62)56-45(33)63/h2-7,9,19,21-23,27,33,35,37,41,52H,8,10-18,20,24-26H2,1H3,(H,55,64)(H,56,62,63)/t33?,35-,37+,41?/m0/s1. The van der Waals surface area contributed by atoms with Crippen molar-refractivity contribution in [3.63, 3.8) is 0 Å². The minimum Gasteiger partial charge on any atom is -0.493 e. The van der Waals surface area contributed by atoms with Crippen LogP contribution in [0.15, 0.2) is 67.0 Å². The highest BCUT2D eigenvalue weighted by atomic mass is 35.5. The van der Waals surface area contributed by atoms with Crippen LogP contribution >= 0.6 is 11.6 Å². The number of piperidine rings is 3. The Hall–Kier alpha value is -5.78. The molecule has 3 amide bonds. The average Bonchev–Trinajstić information content (AvgIpc) is 3.61. The molecule has 65 heavy (non-hydrogen) atoms. The first-order valence-corrected chi connectivity index (χ1v) is 22.8. The highest BCUT2D eigenvalue weighted by Crippen LogP contribution is 2.41. The number of likely N-dealkylation sites (tertiary alicyclic amines) is 2. The molecule has 2 aromatic carbocycles. The number of nitrogens with zero attached hydrogens (tertiary/aromatic N) is 7. The van der Waals surface area contributed by atoms with E-state index in [0.29, 0.717) is 92.1 Å². The van der Waals surface area contributed by atoms with Crippen LogP contribution in [0.3, 0.4) is 0 Å². The largest absolute Gasteiger partial charge is 0.493 e. The molecule has 4 fully saturated rings. The van der Waals surface area contributed by atoms with E-state index in [2.05, 4.69) is 25.8 Å². The number of aromatic nitrogens is 4. The lowest BCUT2D eigenvalue weighted by atomic mass is 9.90. The number of ether oxygens (including phenoxy) is 1. The third-order valence-corrected chi connectivity index (χ3v) is 13.9. The van der Waals surface area contributed by atoms with E-state index >= 15 is 8.78 Å². The number of benzene rings is 2. The Balaban J connectivity index is 0.731. The Bertz CT molecular complexity index is 2640. The van der Waals surface area contributed by atoms with Crippen molar-refractivity contribution in [2.24, 2.45) is 5.92 Å². The number of amides is 3. The maximum Gasteiger partial charge on any atom is 0.275 e. The molecular weight excluding hydrogens is 861 g/mol. The number of pyridine rings is 1. The molecule has 2 unspecified atom stereocenters. The molecule has 4 atom stereocenters. The molecule has 1 saturated carbocycles. The van der Waals surface area contributed by atoms with E-state index in [9.17, 15) is 18.8 Å². The predicted molar refractivity (Wildman–Crippen MR) is 239 cm³/mol. The van der Waals surface area contributed by atoms with Gasteiger partial charge in [0.25, 0.3) is 11.8 Å². The van der Waals surface area contributed by atoms with Crippen molar-refractivity contribution in [1.29, 1.82) is 0 Å². The highest BCUT2D eigenvalue weighted by molar-refractivity contribution is 6.32. The quantitative estimate of drug-likeness (QED) is 0.117. The van der Waals surface area contributed by atoms with Crippen LogP contribution in [0.2, 0.25) is 5.02 Å². The molecule has 3 N–H and O–H groups in total. The summed E-state index contributed by atoms with van der Waals surface area (Å²) in [7, 11) is 1.78. The summed E-state index contributed by atoms with van der Waals surface area (Å²) in [5, 5.41) is 13.5. The fraction of sp³-hybridized carbons (Fsp3) is 0.447. The number of nitrogens with one attached hydrogen (secondary N) is 3. The summed E-state index contributed by atoms with van der Waals surface area (Å²) < 4.78 is 52.9. The molecule has 7 heterocycles. The molecule has 1 aliphatic carbocycles. The van der Waals surface area contributed by atoms with Crippen LogP contribution < -0.4 is 25.6 Å². The fourth-order valence-corrected chi connectivity index (χ4v) is 10.2. The van der Waals surface area contributed by atoms with Crippen LogP contribution in [0.25, 0.3) is 16.9 Å². The van der Waals surface area contributed by atoms with E-state index in [1.165, 1.54) is 10.7 Å². The molecular formula is C47H50ClF3N10O4. The molecule has 340 valence electrons. The first-order valence-electron chi connectivity index (χ1n) is 22.4. The van der Waals surface area contributed by atoms with Crippen molar-refractivity contribution in [2.75, 3.05) is 56.6 Å². The van der Waals surface area contributed by atoms with Crippen LogP contribution in [0.1, 0.15) is 71.6 Å². The number of carbonyl (C=O) groups is 3. The Morgan fingerprint density at radius 1 is 0.985 bits per heavy atom. The summed E-state index contributed by atoms with van der Waals surface area (Å²) in [6, 6.07) is 15.8. The minimum absolute atomic E-state index is 0.219. The van der Waals surface area contributed by atoms with E-state index in [1.54, 1.807) is 31.4 Å². The Kier molecular flexibility index (Phi) is 11.6. The van der Waals surface area contributed by atoms with Gasteiger partial charge in [-0.1, -0.05) is 35.9 Å². The molecule has 0 bridgehead atoms. The van der Waals surface area contributed by atoms with Gasteiger partial charge in [0.15, 0.2) is 17.2 Å². The number of imidazole rings is 1. The lowest BCUT2D eigenvalue weighted by Gasteiger charge is -2.45. The number of fused-ring (bicyclic) bond motifs is 2. The van der Waals surface area contributed by atoms with Gasteiger partial charge in [-0.3, -0.25) is 34.5 Å². The van der Waals surface area contributed by atoms with E-state index in [0.717, 1.165) is 47.3 Å². The Labute approximate surface area is 378 Å². The SMILES string of the molecule is CNc1cc(N2CCc3c(-c4ccc(CN5CCC(N6CCC(COc7ccc(C8CCC(=O)NC8=O)c(Cl)c7)CC6)C(F)(F)C5)cn4)cccc32)nn2c(C(=O)N[C@@H]3C[C@@H]3F)cnc12. The van der Waals surface area contributed by atoms with Crippen molar-refractivity contribution < 1.29 is 32.3 Å². The van der Waals surface area contributed by atoms with Gasteiger partial charge in [0.1, 0.15) is 11.9 Å². The second-order valence-corrected chi connectivity index (χ2v) is 18.3. The molecule has 3 aromatic heterocycles. The number of rotatable bonds is 12. The van der Waals surface area contributed by atoms with Gasteiger partial charge in [0.2, 0.25) is 11.8 Å². The molecule has 0 spiro atoms. The molecule has 5 aliphatic rings. The summed E-state index contributed by atoms with van der Waals surface area (Å²) in [5.74, 6) is -2.97. The molecule has 10 rings (SSSR count). The summed E-state index contributed by atoms with van der Waals surface area (Å²) in [5.41, 5.74) is 6.78. The molecule has 5 aromatic rings. The van der Waals surface area contributed by atoms with Gasteiger partial charge < -0.3 is 20.3 Å². The van der Waals surface area contributed by atoms with E-state index in [4.69, 9.17) is 26.4 Å². The first kappa shape index (κ1) is 43.1. The Morgan fingerprint density at radius 3 is 2.54 bits per heavy atom. The third kappa shape index (κ3) is 8.73. The van der Waals surface area contributed by atoms with Gasteiger partial charge in [-0.15, -0.1) is 5.10 Å². The lowest BCUT2D eigenvalue weighted by molar-refractivity contribution is -0.134. The zero-order chi connectivity index (χ0) is 45.0. The fourth-order valence-electron chi connectivity index (χ4n) is 9.93. The number of anilines is 3. The smallest absolute Gasteiger partial charge is 0.275 e. The first-order chi connectivity index (χ1) is 31.4. The lowest BCUT2D eigenvalue weighted by Crippen LogP contribution is -2.59. The van der Waals surface area contributed by atoms with Crippen LogP contribution in [-0.2, 0) is 22.6 Å². The van der Waals surface area contributed by atoms with Crippen LogP contribution in [0.4, 0.5) is 30.4 Å². The number of hydrogen-bond donors (Lipinski definition) is 3. The Morgan fingerprint density at radius 2 is 1.82 bits per heavy atom. The minimum atomic E-state index is -2.87. The monoisotopic (exact) mass is 910 g/mol. The number of hydrogen-bond acceptors (Lipinski definition) is 11. The van der Waals surface area contributed by atoms with Gasteiger partial charge >= 0.3 is 0 Å². The molecule has 14 nitrogen and oxygen atoms in total. The van der Waals surface area contributed by atoms with Gasteiger partial charge in [0.05, 0.1) is 48.7 Å². The second-order valence-electron chi connectivity index (χ2n) is 17.9. The van der Waals surface area contributed by atoms with E-state index in [1.807, 2.05) is 46.2 Å². The molecule has 3 saturated heterocycles. The summed E-state index contributed by atoms with van der Waals surface area (Å²) in [4.78, 5) is 52.0. The summed E-state index contributed by atoms with van der Waals surface area (Å²) >= 11 is 6.53. The van der Waals surface area contributed by atoms with Crippen LogP contribution in [0.5, 0.6) is 5.75 Å². The zero-order valence-corrected chi connectivity index (χ0v) is 36.7. The van der Waals surface area contributed by atoms with Gasteiger partial charge in [-0.25, -0.2) is 22.7 Å². The normalized spacial score (nSPS) is 23.6. The maximum atomic E-state index is 15.9. The van der Waals surface area contributed by atoms with Crippen molar-refractivity contribution in [3.8, 4) is 17.0 Å². The van der Waals surface area contributed by atoms with E-state index in [-0.39, 0.29) is 36.4 Å². The summed E-state index contributed by atoms with van der Waals surface area (Å²) in [6.45, 7) is 2.85. The molecule has 4 aliphatic heterocycles. The predicted octanol–water partition coefficient (Wildman–Crippen LogP) is 6.54. The van der Waals surface area contributed by atoms with Crippen LogP contribution in [0, 0.1) is 5.92 Å². The zero-order valence-electron chi connectivity index (χ0n) is 35.9. The highest BCUT2D eigenvalue weighted by Gasteiger charge is 2.48. The van der Waals surface area contributed by atoms with E-state index < -0.39 is 36.0 Å². The van der Waals surface area contributed by atoms with Gasteiger partial charge in [0, 0.05) is 68.1 Å². The van der Waals surface area contributed by atoms with Gasteiger partial charge in [-0.05, 0) is 92.1 Å². The second kappa shape index (κ2) is 17.5. The number of halogens is 4. The van der Waals surface area contributed by atoms with Crippen LogP contribution in [-0.4, -0.2) is 118 Å². The topological polar surface area (TPSA) is 149 Å². The van der Waals surface area contributed by atoms with Gasteiger partial charge in [-0.2, -0.15) is 0 Å². The van der Waals surface area contributed by atoms with Crippen molar-refractivity contribution in [1.82, 2.24) is 40.0 Å². The number of imide groups is 1. The maximum absolute atomic E-state index is 15.9. The third-order valence-electron chi connectivity index (χ3n) is 13.6. The average molecular weight is 911 g/mol. The van der Waals surface area contributed by atoms with Crippen molar-refractivity contribution in [2.45, 2.75) is 81.6 Å². The summed E-state index contributed by atoms with van der Waals surface area (Å²) in [6.07, 6.45) is 5.80. The van der Waals surface area contributed by atoms with Crippen molar-refractivity contribution in [3.05, 3.63) is 94.4 Å². The molecule has 0 radical (unpaired) electrons. The number of carbonyl (C=O) groups excluding carboxylic acids is 3. The number of alkyl halides is 3. The molecule has 18 heteroatoms. The van der Waals surface area contributed by atoms with Crippen molar-refractivity contribution >= 4 is 52.2 Å².